The summed E-state index contributed by atoms with van der Waals surface area (Å²) in [7, 11) is 3.37. The first-order chi connectivity index (χ1) is 8.54. The molecule has 0 radical (unpaired) electrons. The molecule has 0 aliphatic heterocycles. The van der Waals surface area contributed by atoms with Crippen LogP contribution in [0.4, 0.5) is 0 Å². The maximum Gasteiger partial charge on any atom is 0.216 e. The van der Waals surface area contributed by atoms with Crippen LogP contribution in [0.1, 0.15) is 27.2 Å². The SMILES string of the molecule is COc1c(C(=O)c2ccn(C)n2)ccc(C)c1C. The Kier molecular flexibility index (Phi) is 3.19. The van der Waals surface area contributed by atoms with Gasteiger partial charge in [-0.2, -0.15) is 5.10 Å². The zero-order valence-corrected chi connectivity index (χ0v) is 11.0. The number of nitrogens with zero attached hydrogens (tertiary/aromatic N) is 2. The summed E-state index contributed by atoms with van der Waals surface area (Å²) in [5, 5.41) is 4.13. The van der Waals surface area contributed by atoms with Crippen molar-refractivity contribution in [2.75, 3.05) is 7.11 Å². The monoisotopic (exact) mass is 244 g/mol. The maximum atomic E-state index is 12.3. The molecule has 1 aromatic heterocycles. The van der Waals surface area contributed by atoms with Gasteiger partial charge in [-0.3, -0.25) is 9.48 Å². The fourth-order valence-corrected chi connectivity index (χ4v) is 1.91. The Morgan fingerprint density at radius 1 is 1.28 bits per heavy atom. The smallest absolute Gasteiger partial charge is 0.216 e. The van der Waals surface area contributed by atoms with Crippen LogP contribution < -0.4 is 4.74 Å². The van der Waals surface area contributed by atoms with Gasteiger partial charge in [-0.15, -0.1) is 0 Å². The second kappa shape index (κ2) is 4.64. The molecule has 1 aromatic carbocycles. The fraction of sp³-hybridized carbons (Fsp3) is 0.286. The molecule has 0 amide bonds. The van der Waals surface area contributed by atoms with Gasteiger partial charge >= 0.3 is 0 Å². The summed E-state index contributed by atoms with van der Waals surface area (Å²) in [5.74, 6) is 0.515. The summed E-state index contributed by atoms with van der Waals surface area (Å²) in [6.45, 7) is 3.94. The normalized spacial score (nSPS) is 10.4. The van der Waals surface area contributed by atoms with E-state index < -0.39 is 0 Å². The van der Waals surface area contributed by atoms with Crippen molar-refractivity contribution in [3.63, 3.8) is 0 Å². The summed E-state index contributed by atoms with van der Waals surface area (Å²) in [5.41, 5.74) is 3.07. The van der Waals surface area contributed by atoms with Gasteiger partial charge in [0.05, 0.1) is 12.7 Å². The number of ether oxygens (including phenoxy) is 1. The van der Waals surface area contributed by atoms with Gasteiger partial charge in [-0.05, 0) is 37.1 Å². The minimum atomic E-state index is -0.115. The predicted octanol–water partition coefficient (Wildman–Crippen LogP) is 2.28. The van der Waals surface area contributed by atoms with E-state index >= 15 is 0 Å². The predicted molar refractivity (Wildman–Crippen MR) is 69.1 cm³/mol. The molecule has 4 heteroatoms. The van der Waals surface area contributed by atoms with E-state index in [-0.39, 0.29) is 5.78 Å². The molecule has 0 aliphatic carbocycles. The van der Waals surface area contributed by atoms with Gasteiger partial charge < -0.3 is 4.74 Å². The van der Waals surface area contributed by atoms with E-state index in [0.717, 1.165) is 11.1 Å². The van der Waals surface area contributed by atoms with E-state index in [1.807, 2.05) is 19.9 Å². The van der Waals surface area contributed by atoms with E-state index in [0.29, 0.717) is 17.0 Å². The van der Waals surface area contributed by atoms with Crippen molar-refractivity contribution in [3.8, 4) is 5.75 Å². The van der Waals surface area contributed by atoms with Crippen LogP contribution in [-0.2, 0) is 7.05 Å². The highest BCUT2D eigenvalue weighted by Crippen LogP contribution is 2.27. The number of carbonyl (C=O) groups is 1. The number of carbonyl (C=O) groups excluding carboxylic acids is 1. The largest absolute Gasteiger partial charge is 0.496 e. The molecule has 0 spiro atoms. The zero-order chi connectivity index (χ0) is 13.3. The van der Waals surface area contributed by atoms with Crippen LogP contribution in [0, 0.1) is 13.8 Å². The molecule has 94 valence electrons. The molecule has 0 saturated carbocycles. The summed E-state index contributed by atoms with van der Waals surface area (Å²) >= 11 is 0. The average molecular weight is 244 g/mol. The molecule has 0 atom stereocenters. The van der Waals surface area contributed by atoms with Gasteiger partial charge in [0.1, 0.15) is 11.4 Å². The second-order valence-electron chi connectivity index (χ2n) is 4.29. The Bertz CT molecular complexity index is 600. The van der Waals surface area contributed by atoms with Gasteiger partial charge in [0.25, 0.3) is 0 Å². The molecule has 2 aromatic rings. The molecular formula is C14H16N2O2. The Balaban J connectivity index is 2.51. The quantitative estimate of drug-likeness (QED) is 0.778. The summed E-state index contributed by atoms with van der Waals surface area (Å²) in [6, 6.07) is 5.42. The Morgan fingerprint density at radius 3 is 2.56 bits per heavy atom. The Labute approximate surface area is 106 Å². The van der Waals surface area contributed by atoms with E-state index in [9.17, 15) is 4.79 Å². The summed E-state index contributed by atoms with van der Waals surface area (Å²) < 4.78 is 6.96. The number of hydrogen-bond acceptors (Lipinski definition) is 3. The molecule has 0 bridgehead atoms. The number of methoxy groups -OCH3 is 1. The van der Waals surface area contributed by atoms with Gasteiger partial charge in [0.15, 0.2) is 0 Å². The number of benzene rings is 1. The first kappa shape index (κ1) is 12.4. The molecule has 0 unspecified atom stereocenters. The molecule has 0 saturated heterocycles. The lowest BCUT2D eigenvalue weighted by molar-refractivity contribution is 0.103. The standard InChI is InChI=1S/C14H16N2O2/c1-9-5-6-11(14(18-4)10(9)2)13(17)12-7-8-16(3)15-12/h5-8H,1-4H3. The van der Waals surface area contributed by atoms with Crippen LogP contribution in [0.25, 0.3) is 0 Å². The number of aryl methyl sites for hydroxylation is 2. The van der Waals surface area contributed by atoms with E-state index in [2.05, 4.69) is 5.10 Å². The zero-order valence-electron chi connectivity index (χ0n) is 11.0. The molecule has 2 rings (SSSR count). The fourth-order valence-electron chi connectivity index (χ4n) is 1.91. The van der Waals surface area contributed by atoms with Crippen LogP contribution in [0.3, 0.4) is 0 Å². The van der Waals surface area contributed by atoms with Gasteiger partial charge in [0, 0.05) is 13.2 Å². The lowest BCUT2D eigenvalue weighted by Crippen LogP contribution is -2.07. The van der Waals surface area contributed by atoms with Crippen LogP contribution in [0.5, 0.6) is 5.75 Å². The second-order valence-corrected chi connectivity index (χ2v) is 4.29. The molecule has 0 aliphatic rings. The number of aromatic nitrogens is 2. The molecule has 1 heterocycles. The highest BCUT2D eigenvalue weighted by atomic mass is 16.5. The number of hydrogen-bond donors (Lipinski definition) is 0. The third-order valence-electron chi connectivity index (χ3n) is 3.07. The first-order valence-electron chi connectivity index (χ1n) is 5.73. The van der Waals surface area contributed by atoms with Crippen molar-refractivity contribution >= 4 is 5.78 Å². The van der Waals surface area contributed by atoms with Gasteiger partial charge in [0.2, 0.25) is 5.78 Å². The third kappa shape index (κ3) is 2.01. The van der Waals surface area contributed by atoms with E-state index in [1.54, 1.807) is 37.2 Å². The Morgan fingerprint density at radius 2 is 2.00 bits per heavy atom. The van der Waals surface area contributed by atoms with E-state index in [1.165, 1.54) is 0 Å². The molecule has 0 N–H and O–H groups in total. The van der Waals surface area contributed by atoms with E-state index in [4.69, 9.17) is 4.74 Å². The van der Waals surface area contributed by atoms with Crippen molar-refractivity contribution in [2.24, 2.45) is 7.05 Å². The minimum absolute atomic E-state index is 0.115. The first-order valence-corrected chi connectivity index (χ1v) is 5.73. The maximum absolute atomic E-state index is 12.3. The van der Waals surface area contributed by atoms with Crippen molar-refractivity contribution in [1.82, 2.24) is 9.78 Å². The van der Waals surface area contributed by atoms with Crippen LogP contribution in [-0.4, -0.2) is 22.7 Å². The lowest BCUT2D eigenvalue weighted by Gasteiger charge is -2.11. The lowest BCUT2D eigenvalue weighted by atomic mass is 10.0. The van der Waals surface area contributed by atoms with Crippen LogP contribution in [0.15, 0.2) is 24.4 Å². The summed E-state index contributed by atoms with van der Waals surface area (Å²) in [4.78, 5) is 12.3. The number of ketones is 1. The van der Waals surface area contributed by atoms with Crippen LogP contribution in [0.2, 0.25) is 0 Å². The van der Waals surface area contributed by atoms with Crippen molar-refractivity contribution < 1.29 is 9.53 Å². The molecule has 18 heavy (non-hydrogen) atoms. The molecular weight excluding hydrogens is 228 g/mol. The number of rotatable bonds is 3. The van der Waals surface area contributed by atoms with Crippen LogP contribution >= 0.6 is 0 Å². The van der Waals surface area contributed by atoms with Gasteiger partial charge in [-0.1, -0.05) is 6.07 Å². The average Bonchev–Trinajstić information content (AvgIpc) is 2.78. The minimum Gasteiger partial charge on any atom is -0.496 e. The highest BCUT2D eigenvalue weighted by molar-refractivity contribution is 6.09. The molecule has 4 nitrogen and oxygen atoms in total. The van der Waals surface area contributed by atoms with Crippen molar-refractivity contribution in [1.29, 1.82) is 0 Å². The van der Waals surface area contributed by atoms with Crippen molar-refractivity contribution in [3.05, 3.63) is 46.8 Å². The highest BCUT2D eigenvalue weighted by Gasteiger charge is 2.18. The topological polar surface area (TPSA) is 44.1 Å². The summed E-state index contributed by atoms with van der Waals surface area (Å²) in [6.07, 6.45) is 1.75. The van der Waals surface area contributed by atoms with Gasteiger partial charge in [-0.25, -0.2) is 0 Å². The third-order valence-corrected chi connectivity index (χ3v) is 3.07. The molecule has 0 fully saturated rings. The Hall–Kier alpha value is -2.10. The van der Waals surface area contributed by atoms with Crippen molar-refractivity contribution in [2.45, 2.75) is 13.8 Å².